The number of alkyl halides is 1. The van der Waals surface area contributed by atoms with Gasteiger partial charge in [0.1, 0.15) is 0 Å². The van der Waals surface area contributed by atoms with E-state index < -0.39 is 0 Å². The number of amides is 1. The standard InChI is InChI=1S/C13H17Br2NO2/c1-18-8-7-16(6-5-14)13(17)10-11-3-2-4-12(15)9-11/h2-4,9H,5-8,10H2,1H3. The van der Waals surface area contributed by atoms with Crippen LogP contribution in [-0.4, -0.2) is 42.9 Å². The van der Waals surface area contributed by atoms with Gasteiger partial charge < -0.3 is 9.64 Å². The van der Waals surface area contributed by atoms with Crippen molar-refractivity contribution in [2.45, 2.75) is 6.42 Å². The molecule has 0 heterocycles. The van der Waals surface area contributed by atoms with Crippen molar-refractivity contribution < 1.29 is 9.53 Å². The number of hydrogen-bond donors (Lipinski definition) is 0. The second kappa shape index (κ2) is 8.67. The molecule has 1 rings (SSSR count). The minimum absolute atomic E-state index is 0.129. The first-order chi connectivity index (χ1) is 8.67. The lowest BCUT2D eigenvalue weighted by atomic mass is 10.1. The van der Waals surface area contributed by atoms with Crippen LogP contribution in [0, 0.1) is 0 Å². The molecule has 0 aliphatic carbocycles. The Morgan fingerprint density at radius 2 is 2.17 bits per heavy atom. The topological polar surface area (TPSA) is 29.5 Å². The molecule has 0 N–H and O–H groups in total. The van der Waals surface area contributed by atoms with Crippen LogP contribution in [0.4, 0.5) is 0 Å². The Kier molecular flexibility index (Phi) is 7.54. The molecule has 1 amide bonds. The van der Waals surface area contributed by atoms with Crippen molar-refractivity contribution >= 4 is 37.8 Å². The van der Waals surface area contributed by atoms with Crippen molar-refractivity contribution in [1.29, 1.82) is 0 Å². The second-order valence-corrected chi connectivity index (χ2v) is 5.58. The van der Waals surface area contributed by atoms with Gasteiger partial charge in [-0.05, 0) is 17.7 Å². The number of halogens is 2. The second-order valence-electron chi connectivity index (χ2n) is 3.87. The van der Waals surface area contributed by atoms with Crippen LogP contribution in [0.5, 0.6) is 0 Å². The summed E-state index contributed by atoms with van der Waals surface area (Å²) in [5.74, 6) is 0.129. The molecule has 0 radical (unpaired) electrons. The minimum atomic E-state index is 0.129. The highest BCUT2D eigenvalue weighted by Crippen LogP contribution is 2.13. The summed E-state index contributed by atoms with van der Waals surface area (Å²) in [6.07, 6.45) is 0.427. The Morgan fingerprint density at radius 1 is 1.39 bits per heavy atom. The number of benzene rings is 1. The van der Waals surface area contributed by atoms with Crippen molar-refractivity contribution in [2.24, 2.45) is 0 Å². The molecule has 5 heteroatoms. The fraction of sp³-hybridized carbons (Fsp3) is 0.462. The Bertz CT molecular complexity index is 385. The van der Waals surface area contributed by atoms with Crippen molar-refractivity contribution in [3.05, 3.63) is 34.3 Å². The number of rotatable bonds is 7. The van der Waals surface area contributed by atoms with E-state index >= 15 is 0 Å². The van der Waals surface area contributed by atoms with Gasteiger partial charge in [0.05, 0.1) is 13.0 Å². The number of nitrogens with zero attached hydrogens (tertiary/aromatic N) is 1. The van der Waals surface area contributed by atoms with Gasteiger partial charge >= 0.3 is 0 Å². The summed E-state index contributed by atoms with van der Waals surface area (Å²) in [6.45, 7) is 1.91. The van der Waals surface area contributed by atoms with Crippen LogP contribution in [0.3, 0.4) is 0 Å². The van der Waals surface area contributed by atoms with Crippen LogP contribution in [0.15, 0.2) is 28.7 Å². The van der Waals surface area contributed by atoms with Crippen molar-refractivity contribution in [1.82, 2.24) is 4.90 Å². The maximum atomic E-state index is 12.2. The summed E-state index contributed by atoms with van der Waals surface area (Å²) in [4.78, 5) is 14.0. The molecule has 18 heavy (non-hydrogen) atoms. The van der Waals surface area contributed by atoms with Gasteiger partial charge in [-0.15, -0.1) is 0 Å². The molecule has 0 fully saturated rings. The summed E-state index contributed by atoms with van der Waals surface area (Å²) >= 11 is 6.77. The molecule has 0 spiro atoms. The lowest BCUT2D eigenvalue weighted by molar-refractivity contribution is -0.130. The summed E-state index contributed by atoms with van der Waals surface area (Å²) in [6, 6.07) is 7.83. The van der Waals surface area contributed by atoms with Gasteiger partial charge in [0.15, 0.2) is 0 Å². The Morgan fingerprint density at radius 3 is 2.78 bits per heavy atom. The quantitative estimate of drug-likeness (QED) is 0.682. The predicted octanol–water partition coefficient (Wildman–Crippen LogP) is 2.86. The van der Waals surface area contributed by atoms with Gasteiger partial charge in [0.25, 0.3) is 0 Å². The zero-order valence-electron chi connectivity index (χ0n) is 10.4. The maximum Gasteiger partial charge on any atom is 0.227 e. The Labute approximate surface area is 125 Å². The van der Waals surface area contributed by atoms with Gasteiger partial charge in [0, 0.05) is 30.0 Å². The van der Waals surface area contributed by atoms with Gasteiger partial charge in [0.2, 0.25) is 5.91 Å². The molecule has 1 aromatic rings. The molecule has 0 saturated carbocycles. The summed E-state index contributed by atoms with van der Waals surface area (Å²) < 4.78 is 6.02. The SMILES string of the molecule is COCCN(CCBr)C(=O)Cc1cccc(Br)c1. The van der Waals surface area contributed by atoms with Crippen LogP contribution >= 0.6 is 31.9 Å². The summed E-state index contributed by atoms with van der Waals surface area (Å²) in [5, 5.41) is 0.779. The lowest BCUT2D eigenvalue weighted by Crippen LogP contribution is -2.36. The average Bonchev–Trinajstić information content (AvgIpc) is 2.34. The van der Waals surface area contributed by atoms with E-state index in [1.165, 1.54) is 0 Å². The molecule has 1 aromatic carbocycles. The molecule has 0 bridgehead atoms. The van der Waals surface area contributed by atoms with E-state index in [-0.39, 0.29) is 5.91 Å². The molecule has 0 unspecified atom stereocenters. The highest BCUT2D eigenvalue weighted by atomic mass is 79.9. The molecular formula is C13H17Br2NO2. The Hall–Kier alpha value is -0.390. The third kappa shape index (κ3) is 5.50. The molecule has 0 aliphatic heterocycles. The predicted molar refractivity (Wildman–Crippen MR) is 80.1 cm³/mol. The first kappa shape index (κ1) is 15.7. The van der Waals surface area contributed by atoms with E-state index in [0.717, 1.165) is 15.4 Å². The first-order valence-corrected chi connectivity index (χ1v) is 7.66. The van der Waals surface area contributed by atoms with Crippen LogP contribution in [0.1, 0.15) is 5.56 Å². The largest absolute Gasteiger partial charge is 0.383 e. The van der Waals surface area contributed by atoms with Gasteiger partial charge in [-0.25, -0.2) is 0 Å². The van der Waals surface area contributed by atoms with Crippen LogP contribution in [-0.2, 0) is 16.0 Å². The third-order valence-corrected chi connectivity index (χ3v) is 3.36. The number of carbonyl (C=O) groups excluding carboxylic acids is 1. The van der Waals surface area contributed by atoms with E-state index in [9.17, 15) is 4.79 Å². The van der Waals surface area contributed by atoms with E-state index in [1.54, 1.807) is 7.11 Å². The maximum absolute atomic E-state index is 12.2. The molecule has 3 nitrogen and oxygen atoms in total. The van der Waals surface area contributed by atoms with E-state index in [4.69, 9.17) is 4.74 Å². The molecule has 0 atom stereocenters. The third-order valence-electron chi connectivity index (χ3n) is 2.52. The Balaban J connectivity index is 2.60. The number of carbonyl (C=O) groups is 1. The van der Waals surface area contributed by atoms with Gasteiger partial charge in [-0.2, -0.15) is 0 Å². The fourth-order valence-electron chi connectivity index (χ4n) is 1.60. The number of ether oxygens (including phenoxy) is 1. The van der Waals surface area contributed by atoms with E-state index in [2.05, 4.69) is 31.9 Å². The lowest BCUT2D eigenvalue weighted by Gasteiger charge is -2.21. The smallest absolute Gasteiger partial charge is 0.227 e. The van der Waals surface area contributed by atoms with Crippen molar-refractivity contribution in [3.8, 4) is 0 Å². The van der Waals surface area contributed by atoms with Gasteiger partial charge in [-0.3, -0.25) is 4.79 Å². The first-order valence-electron chi connectivity index (χ1n) is 5.74. The van der Waals surface area contributed by atoms with E-state index in [1.807, 2.05) is 29.2 Å². The van der Waals surface area contributed by atoms with Gasteiger partial charge in [-0.1, -0.05) is 44.0 Å². The molecule has 0 saturated heterocycles. The monoisotopic (exact) mass is 377 g/mol. The van der Waals surface area contributed by atoms with Crippen LogP contribution in [0.25, 0.3) is 0 Å². The summed E-state index contributed by atoms with van der Waals surface area (Å²) in [7, 11) is 1.64. The highest BCUT2D eigenvalue weighted by molar-refractivity contribution is 9.10. The highest BCUT2D eigenvalue weighted by Gasteiger charge is 2.13. The van der Waals surface area contributed by atoms with Crippen LogP contribution < -0.4 is 0 Å². The summed E-state index contributed by atoms with van der Waals surface area (Å²) in [5.41, 5.74) is 1.02. The zero-order chi connectivity index (χ0) is 13.4. The molecular weight excluding hydrogens is 362 g/mol. The minimum Gasteiger partial charge on any atom is -0.383 e. The van der Waals surface area contributed by atoms with E-state index in [0.29, 0.717) is 26.1 Å². The van der Waals surface area contributed by atoms with Crippen LogP contribution in [0.2, 0.25) is 0 Å². The zero-order valence-corrected chi connectivity index (χ0v) is 13.5. The number of methoxy groups -OCH3 is 1. The molecule has 0 aromatic heterocycles. The normalized spacial score (nSPS) is 10.4. The molecule has 100 valence electrons. The van der Waals surface area contributed by atoms with Crippen molar-refractivity contribution in [2.75, 3.05) is 32.1 Å². The number of hydrogen-bond acceptors (Lipinski definition) is 2. The fourth-order valence-corrected chi connectivity index (χ4v) is 2.47. The van der Waals surface area contributed by atoms with Crippen molar-refractivity contribution in [3.63, 3.8) is 0 Å². The molecule has 0 aliphatic rings. The average molecular weight is 379 g/mol.